The predicted octanol–water partition coefficient (Wildman–Crippen LogP) is 0.612. The minimum atomic E-state index is -0.874. The number of aliphatic carboxylic acids is 1. The summed E-state index contributed by atoms with van der Waals surface area (Å²) in [5.41, 5.74) is 0. The van der Waals surface area contributed by atoms with Gasteiger partial charge < -0.3 is 10.0 Å². The summed E-state index contributed by atoms with van der Waals surface area (Å²) in [6.45, 7) is 7.27. The molecule has 0 aromatic carbocycles. The van der Waals surface area contributed by atoms with Gasteiger partial charge in [0.1, 0.15) is 0 Å². The zero-order valence-electron chi connectivity index (χ0n) is 8.65. The average Bonchev–Trinajstić information content (AvgIpc) is 2.17. The highest BCUT2D eigenvalue weighted by molar-refractivity contribution is 5.79. The van der Waals surface area contributed by atoms with Crippen LogP contribution in [0.15, 0.2) is 12.3 Å². The molecule has 4 nitrogen and oxygen atoms in total. The lowest BCUT2D eigenvalue weighted by Crippen LogP contribution is -2.44. The van der Waals surface area contributed by atoms with Crippen LogP contribution in [0.4, 0.5) is 0 Å². The molecule has 0 radical (unpaired) electrons. The van der Waals surface area contributed by atoms with E-state index in [0.29, 0.717) is 0 Å². The number of rotatable bonds is 4. The fourth-order valence-electron chi connectivity index (χ4n) is 1.62. The van der Waals surface area contributed by atoms with E-state index in [1.165, 1.54) is 12.5 Å². The van der Waals surface area contributed by atoms with Gasteiger partial charge in [-0.25, -0.2) is 4.79 Å². The second-order valence-electron chi connectivity index (χ2n) is 3.53. The van der Waals surface area contributed by atoms with E-state index in [-0.39, 0.29) is 0 Å². The summed E-state index contributed by atoms with van der Waals surface area (Å²) in [7, 11) is 0. The van der Waals surface area contributed by atoms with Crippen LogP contribution >= 0.6 is 0 Å². The Morgan fingerprint density at radius 3 is 2.50 bits per heavy atom. The van der Waals surface area contributed by atoms with Crippen LogP contribution < -0.4 is 0 Å². The van der Waals surface area contributed by atoms with Crippen LogP contribution in [0, 0.1) is 0 Å². The standard InChI is InChI=1S/C10H18N2O2/c1-2-4-11-6-8-12(9-7-11)5-3-10(13)14/h3,5H,2,4,6-9H2,1H3,(H,13,14). The van der Waals surface area contributed by atoms with Crippen molar-refractivity contribution in [3.05, 3.63) is 12.3 Å². The van der Waals surface area contributed by atoms with Gasteiger partial charge in [0.2, 0.25) is 0 Å². The lowest BCUT2D eigenvalue weighted by Gasteiger charge is -2.33. The maximum Gasteiger partial charge on any atom is 0.329 e. The molecule has 1 saturated heterocycles. The molecule has 0 bridgehead atoms. The van der Waals surface area contributed by atoms with Gasteiger partial charge in [-0.3, -0.25) is 4.90 Å². The van der Waals surface area contributed by atoms with Crippen LogP contribution in [0.3, 0.4) is 0 Å². The molecule has 4 heteroatoms. The highest BCUT2D eigenvalue weighted by Gasteiger charge is 2.12. The Balaban J connectivity index is 2.25. The van der Waals surface area contributed by atoms with E-state index >= 15 is 0 Å². The van der Waals surface area contributed by atoms with Crippen molar-refractivity contribution in [2.24, 2.45) is 0 Å². The van der Waals surface area contributed by atoms with E-state index in [4.69, 9.17) is 5.11 Å². The Morgan fingerprint density at radius 2 is 2.00 bits per heavy atom. The van der Waals surface area contributed by atoms with Gasteiger partial charge in [0, 0.05) is 38.5 Å². The van der Waals surface area contributed by atoms with Crippen molar-refractivity contribution in [2.75, 3.05) is 32.7 Å². The van der Waals surface area contributed by atoms with Crippen LogP contribution in [-0.4, -0.2) is 53.6 Å². The molecule has 0 aromatic rings. The van der Waals surface area contributed by atoms with Gasteiger partial charge >= 0.3 is 5.97 Å². The molecule has 1 fully saturated rings. The van der Waals surface area contributed by atoms with Crippen molar-refractivity contribution in [1.82, 2.24) is 9.80 Å². The first kappa shape index (κ1) is 11.0. The van der Waals surface area contributed by atoms with Crippen LogP contribution in [0.5, 0.6) is 0 Å². The Hall–Kier alpha value is -1.03. The summed E-state index contributed by atoms with van der Waals surface area (Å²) in [6, 6.07) is 0. The molecule has 0 unspecified atom stereocenters. The summed E-state index contributed by atoms with van der Waals surface area (Å²) in [6.07, 6.45) is 4.06. The maximum atomic E-state index is 10.3. The first-order chi connectivity index (χ1) is 6.72. The number of piperazine rings is 1. The minimum Gasteiger partial charge on any atom is -0.478 e. The highest BCUT2D eigenvalue weighted by atomic mass is 16.4. The SMILES string of the molecule is CCCN1CCN(C=CC(=O)O)CC1. The van der Waals surface area contributed by atoms with Gasteiger partial charge in [0.15, 0.2) is 0 Å². The molecular formula is C10H18N2O2. The zero-order valence-corrected chi connectivity index (χ0v) is 8.65. The molecule has 0 atom stereocenters. The third-order valence-corrected chi connectivity index (χ3v) is 2.37. The van der Waals surface area contributed by atoms with Gasteiger partial charge in [-0.2, -0.15) is 0 Å². The summed E-state index contributed by atoms with van der Waals surface area (Å²) < 4.78 is 0. The number of hydrogen-bond acceptors (Lipinski definition) is 3. The van der Waals surface area contributed by atoms with Gasteiger partial charge in [-0.1, -0.05) is 6.92 Å². The summed E-state index contributed by atoms with van der Waals surface area (Å²) >= 11 is 0. The monoisotopic (exact) mass is 198 g/mol. The predicted molar refractivity (Wildman–Crippen MR) is 55.1 cm³/mol. The van der Waals surface area contributed by atoms with Gasteiger partial charge in [0.05, 0.1) is 0 Å². The average molecular weight is 198 g/mol. The minimum absolute atomic E-state index is 0.874. The fraction of sp³-hybridized carbons (Fsp3) is 0.700. The van der Waals surface area contributed by atoms with Crippen molar-refractivity contribution in [3.63, 3.8) is 0 Å². The van der Waals surface area contributed by atoms with E-state index in [0.717, 1.165) is 32.7 Å². The number of nitrogens with zero attached hydrogens (tertiary/aromatic N) is 2. The fourth-order valence-corrected chi connectivity index (χ4v) is 1.62. The Kier molecular flexibility index (Phi) is 4.46. The summed E-state index contributed by atoms with van der Waals surface area (Å²) in [4.78, 5) is 14.7. The molecule has 1 heterocycles. The van der Waals surface area contributed by atoms with Crippen LogP contribution in [0.1, 0.15) is 13.3 Å². The van der Waals surface area contributed by atoms with E-state index in [1.807, 2.05) is 0 Å². The molecule has 0 aromatic heterocycles. The van der Waals surface area contributed by atoms with Crippen molar-refractivity contribution < 1.29 is 9.90 Å². The van der Waals surface area contributed by atoms with E-state index < -0.39 is 5.97 Å². The van der Waals surface area contributed by atoms with E-state index in [1.54, 1.807) is 6.20 Å². The zero-order chi connectivity index (χ0) is 10.4. The van der Waals surface area contributed by atoms with Crippen molar-refractivity contribution in [3.8, 4) is 0 Å². The number of carboxylic acid groups (broad SMARTS) is 1. The Labute approximate surface area is 84.8 Å². The Bertz CT molecular complexity index is 208. The van der Waals surface area contributed by atoms with Crippen molar-refractivity contribution in [1.29, 1.82) is 0 Å². The van der Waals surface area contributed by atoms with E-state index in [9.17, 15) is 4.79 Å². The van der Waals surface area contributed by atoms with Gasteiger partial charge in [-0.15, -0.1) is 0 Å². The van der Waals surface area contributed by atoms with Crippen LogP contribution in [-0.2, 0) is 4.79 Å². The molecule has 0 aliphatic carbocycles. The molecule has 1 rings (SSSR count). The topological polar surface area (TPSA) is 43.8 Å². The third kappa shape index (κ3) is 3.79. The molecule has 80 valence electrons. The first-order valence-electron chi connectivity index (χ1n) is 5.10. The van der Waals surface area contributed by atoms with Crippen molar-refractivity contribution >= 4 is 5.97 Å². The van der Waals surface area contributed by atoms with Crippen LogP contribution in [0.2, 0.25) is 0 Å². The normalized spacial score (nSPS) is 19.1. The molecule has 14 heavy (non-hydrogen) atoms. The quantitative estimate of drug-likeness (QED) is 0.672. The lowest BCUT2D eigenvalue weighted by atomic mass is 10.3. The van der Waals surface area contributed by atoms with Crippen LogP contribution in [0.25, 0.3) is 0 Å². The third-order valence-electron chi connectivity index (χ3n) is 2.37. The number of carboxylic acids is 1. The molecule has 0 saturated carbocycles. The Morgan fingerprint density at radius 1 is 1.36 bits per heavy atom. The first-order valence-corrected chi connectivity index (χ1v) is 5.10. The maximum absolute atomic E-state index is 10.3. The van der Waals surface area contributed by atoms with Gasteiger partial charge in [-0.05, 0) is 13.0 Å². The smallest absolute Gasteiger partial charge is 0.329 e. The summed E-state index contributed by atoms with van der Waals surface area (Å²) in [5, 5.41) is 8.46. The van der Waals surface area contributed by atoms with E-state index in [2.05, 4.69) is 16.7 Å². The molecule has 0 spiro atoms. The second-order valence-corrected chi connectivity index (χ2v) is 3.53. The molecular weight excluding hydrogens is 180 g/mol. The lowest BCUT2D eigenvalue weighted by molar-refractivity contribution is -0.131. The molecule has 1 aliphatic rings. The van der Waals surface area contributed by atoms with Gasteiger partial charge in [0.25, 0.3) is 0 Å². The number of hydrogen-bond donors (Lipinski definition) is 1. The highest BCUT2D eigenvalue weighted by Crippen LogP contribution is 2.02. The molecule has 0 amide bonds. The number of carbonyl (C=O) groups is 1. The molecule has 1 N–H and O–H groups in total. The largest absolute Gasteiger partial charge is 0.478 e. The molecule has 1 aliphatic heterocycles. The second kappa shape index (κ2) is 5.65. The van der Waals surface area contributed by atoms with Crippen molar-refractivity contribution in [2.45, 2.75) is 13.3 Å². The summed E-state index contributed by atoms with van der Waals surface area (Å²) in [5.74, 6) is -0.874.